The van der Waals surface area contributed by atoms with Gasteiger partial charge in [0.25, 0.3) is 5.91 Å². The average Bonchev–Trinajstić information content (AvgIpc) is 3.57. The second-order valence-electron chi connectivity index (χ2n) is 9.39. The van der Waals surface area contributed by atoms with Crippen LogP contribution in [0.5, 0.6) is 0 Å². The summed E-state index contributed by atoms with van der Waals surface area (Å²) in [6, 6.07) is 5.06. The van der Waals surface area contributed by atoms with Crippen LogP contribution in [0.1, 0.15) is 53.0 Å². The van der Waals surface area contributed by atoms with Crippen LogP contribution in [0, 0.1) is 6.92 Å². The first-order valence-electron chi connectivity index (χ1n) is 12.2. The summed E-state index contributed by atoms with van der Waals surface area (Å²) in [5, 5.41) is 6.61. The Bertz CT molecular complexity index is 1270. The van der Waals surface area contributed by atoms with Gasteiger partial charge >= 0.3 is 0 Å². The SMILES string of the molecule is CN=Cc1c(N2CCC(NC3CC3)CC2)ccc(C(=O)Nc2cn3cc(C)nc(CN)c3n2)c1N. The van der Waals surface area contributed by atoms with Gasteiger partial charge in [0, 0.05) is 62.4 Å². The van der Waals surface area contributed by atoms with E-state index in [2.05, 4.69) is 30.5 Å². The highest BCUT2D eigenvalue weighted by Crippen LogP contribution is 2.31. The maximum atomic E-state index is 13.2. The number of amides is 1. The molecule has 10 heteroatoms. The topological polar surface area (TPSA) is 139 Å². The predicted molar refractivity (Wildman–Crippen MR) is 139 cm³/mol. The van der Waals surface area contributed by atoms with Gasteiger partial charge in [0.15, 0.2) is 11.5 Å². The third-order valence-electron chi connectivity index (χ3n) is 6.71. The van der Waals surface area contributed by atoms with Crippen molar-refractivity contribution in [3.63, 3.8) is 0 Å². The van der Waals surface area contributed by atoms with E-state index < -0.39 is 0 Å². The van der Waals surface area contributed by atoms with Crippen molar-refractivity contribution in [2.45, 2.75) is 51.2 Å². The lowest BCUT2D eigenvalue weighted by molar-refractivity contribution is 0.102. The van der Waals surface area contributed by atoms with Crippen molar-refractivity contribution in [1.82, 2.24) is 19.7 Å². The molecule has 10 nitrogen and oxygen atoms in total. The third kappa shape index (κ3) is 4.85. The van der Waals surface area contributed by atoms with Crippen LogP contribution < -0.4 is 27.0 Å². The lowest BCUT2D eigenvalue weighted by Gasteiger charge is -2.35. The van der Waals surface area contributed by atoms with Gasteiger partial charge in [0.2, 0.25) is 0 Å². The number of benzene rings is 1. The quantitative estimate of drug-likeness (QED) is 0.303. The molecule has 1 saturated carbocycles. The van der Waals surface area contributed by atoms with Crippen LogP contribution in [-0.4, -0.2) is 58.7 Å². The van der Waals surface area contributed by atoms with Gasteiger partial charge in [0.1, 0.15) is 0 Å². The van der Waals surface area contributed by atoms with Crippen molar-refractivity contribution in [3.05, 3.63) is 47.0 Å². The van der Waals surface area contributed by atoms with Gasteiger partial charge in [-0.2, -0.15) is 0 Å². The van der Waals surface area contributed by atoms with Crippen molar-refractivity contribution in [2.24, 2.45) is 10.7 Å². The van der Waals surface area contributed by atoms with Gasteiger partial charge < -0.3 is 31.4 Å². The Balaban J connectivity index is 1.36. The van der Waals surface area contributed by atoms with Crippen LogP contribution >= 0.6 is 0 Å². The highest BCUT2D eigenvalue weighted by Gasteiger charge is 2.28. The number of rotatable bonds is 7. The molecule has 184 valence electrons. The number of nitrogens with one attached hydrogen (secondary N) is 2. The zero-order chi connectivity index (χ0) is 24.5. The summed E-state index contributed by atoms with van der Waals surface area (Å²) in [6.45, 7) is 4.04. The van der Waals surface area contributed by atoms with Crippen molar-refractivity contribution < 1.29 is 4.79 Å². The molecular weight excluding hydrogens is 442 g/mol. The summed E-state index contributed by atoms with van der Waals surface area (Å²) >= 11 is 0. The molecule has 2 aliphatic rings. The summed E-state index contributed by atoms with van der Waals surface area (Å²) < 4.78 is 1.82. The Morgan fingerprint density at radius 3 is 2.60 bits per heavy atom. The van der Waals surface area contributed by atoms with Gasteiger partial charge in [-0.15, -0.1) is 0 Å². The number of hydrogen-bond acceptors (Lipinski definition) is 8. The van der Waals surface area contributed by atoms with Crippen molar-refractivity contribution in [3.8, 4) is 0 Å². The number of imidazole rings is 1. The normalized spacial score (nSPS) is 16.9. The predicted octanol–water partition coefficient (Wildman–Crippen LogP) is 2.10. The first kappa shape index (κ1) is 23.3. The molecule has 0 radical (unpaired) electrons. The summed E-state index contributed by atoms with van der Waals surface area (Å²) in [4.78, 5) is 28.7. The number of nitrogens with two attached hydrogens (primary N) is 2. The Kier molecular flexibility index (Phi) is 6.40. The first-order valence-corrected chi connectivity index (χ1v) is 12.2. The van der Waals surface area contributed by atoms with E-state index in [-0.39, 0.29) is 12.5 Å². The molecule has 0 atom stereocenters. The number of aryl methyl sites for hydroxylation is 1. The standard InChI is InChI=1S/C25H33N9O/c1-15-13-34-14-22(31-24(34)20(11-26)29-15)32-25(35)18-5-6-21(19(12-28-2)23(18)27)33-9-7-17(8-10-33)30-16-3-4-16/h5-6,12-14,16-17,30H,3-4,7-11,26-27H2,1-2H3,(H,32,35). The van der Waals surface area contributed by atoms with Crippen LogP contribution in [0.25, 0.3) is 5.65 Å². The number of anilines is 3. The molecule has 1 amide bonds. The van der Waals surface area contributed by atoms with Crippen LogP contribution in [0.3, 0.4) is 0 Å². The molecule has 0 unspecified atom stereocenters. The summed E-state index contributed by atoms with van der Waals surface area (Å²) in [6.07, 6.45) is 10.1. The van der Waals surface area contributed by atoms with Crippen LogP contribution in [-0.2, 0) is 6.54 Å². The van der Waals surface area contributed by atoms with Gasteiger partial charge in [-0.1, -0.05) is 0 Å². The molecule has 1 aliphatic carbocycles. The summed E-state index contributed by atoms with van der Waals surface area (Å²) in [7, 11) is 1.71. The van der Waals surface area contributed by atoms with Crippen molar-refractivity contribution in [1.29, 1.82) is 0 Å². The largest absolute Gasteiger partial charge is 0.397 e. The molecule has 2 aromatic heterocycles. The van der Waals surface area contributed by atoms with Gasteiger partial charge in [-0.3, -0.25) is 14.8 Å². The average molecular weight is 476 g/mol. The molecule has 6 N–H and O–H groups in total. The van der Waals surface area contributed by atoms with Crippen LogP contribution in [0.15, 0.2) is 29.5 Å². The third-order valence-corrected chi connectivity index (χ3v) is 6.71. The van der Waals surface area contributed by atoms with Crippen molar-refractivity contribution in [2.75, 3.05) is 36.1 Å². The number of carbonyl (C=O) groups is 1. The van der Waals surface area contributed by atoms with Crippen LogP contribution in [0.2, 0.25) is 0 Å². The molecule has 1 aromatic carbocycles. The fourth-order valence-corrected chi connectivity index (χ4v) is 4.81. The number of nitrogens with zero attached hydrogens (tertiary/aromatic N) is 5. The minimum absolute atomic E-state index is 0.262. The molecular formula is C25H33N9O. The van der Waals surface area contributed by atoms with E-state index in [9.17, 15) is 4.79 Å². The van der Waals surface area contributed by atoms with E-state index in [4.69, 9.17) is 11.5 Å². The second-order valence-corrected chi connectivity index (χ2v) is 9.39. The molecule has 1 aliphatic heterocycles. The molecule has 3 heterocycles. The molecule has 2 fully saturated rings. The van der Waals surface area contributed by atoms with Crippen LogP contribution in [0.4, 0.5) is 17.2 Å². The molecule has 0 spiro atoms. The number of fused-ring (bicyclic) bond motifs is 1. The molecule has 3 aromatic rings. The Labute approximate surface area is 204 Å². The Morgan fingerprint density at radius 2 is 1.91 bits per heavy atom. The van der Waals surface area contributed by atoms with E-state index in [1.807, 2.05) is 23.6 Å². The second kappa shape index (κ2) is 9.63. The molecule has 5 rings (SSSR count). The van der Waals surface area contributed by atoms with E-state index in [1.165, 1.54) is 12.8 Å². The lowest BCUT2D eigenvalue weighted by atomic mass is 10.00. The van der Waals surface area contributed by atoms with Gasteiger partial charge in [-0.25, -0.2) is 4.98 Å². The summed E-state index contributed by atoms with van der Waals surface area (Å²) in [5.74, 6) is 0.0889. The maximum absolute atomic E-state index is 13.2. The number of aromatic nitrogens is 3. The smallest absolute Gasteiger partial charge is 0.258 e. The highest BCUT2D eigenvalue weighted by atomic mass is 16.1. The number of carbonyl (C=O) groups excluding carboxylic acids is 1. The number of piperidine rings is 1. The number of aliphatic imine (C=N–C) groups is 1. The zero-order valence-electron chi connectivity index (χ0n) is 20.3. The van der Waals surface area contributed by atoms with Crippen molar-refractivity contribution >= 4 is 35.0 Å². The Hall–Kier alpha value is -3.50. The zero-order valence-corrected chi connectivity index (χ0v) is 20.3. The minimum Gasteiger partial charge on any atom is -0.397 e. The fourth-order valence-electron chi connectivity index (χ4n) is 4.81. The molecule has 0 bridgehead atoms. The van der Waals surface area contributed by atoms with E-state index in [0.29, 0.717) is 34.5 Å². The molecule has 35 heavy (non-hydrogen) atoms. The Morgan fingerprint density at radius 1 is 1.17 bits per heavy atom. The first-order chi connectivity index (χ1) is 17.0. The van der Waals surface area contributed by atoms with Gasteiger partial charge in [0.05, 0.1) is 28.8 Å². The van der Waals surface area contributed by atoms with E-state index in [1.54, 1.807) is 25.5 Å². The summed E-state index contributed by atoms with van der Waals surface area (Å²) in [5.41, 5.74) is 17.0. The molecule has 1 saturated heterocycles. The number of nitrogen functional groups attached to an aromatic ring is 1. The number of hydrogen-bond donors (Lipinski definition) is 4. The monoisotopic (exact) mass is 475 g/mol. The van der Waals surface area contributed by atoms with E-state index >= 15 is 0 Å². The van der Waals surface area contributed by atoms with E-state index in [0.717, 1.165) is 48.9 Å². The lowest BCUT2D eigenvalue weighted by Crippen LogP contribution is -2.43. The fraction of sp³-hybridized carbons (Fsp3) is 0.440. The maximum Gasteiger partial charge on any atom is 0.258 e. The minimum atomic E-state index is -0.325. The van der Waals surface area contributed by atoms with Gasteiger partial charge in [-0.05, 0) is 44.7 Å². The highest BCUT2D eigenvalue weighted by molar-refractivity contribution is 6.11.